The highest BCUT2D eigenvalue weighted by Crippen LogP contribution is 2.35. The molecule has 2 aromatic carbocycles. The molecular formula is C20H20FN7O. The average Bonchev–Trinajstić information content (AvgIpc) is 3.17. The Morgan fingerprint density at radius 2 is 2.07 bits per heavy atom. The van der Waals surface area contributed by atoms with E-state index in [1.165, 1.54) is 24.0 Å². The molecule has 0 aliphatic carbocycles. The lowest BCUT2D eigenvalue weighted by Gasteiger charge is -2.24. The molecule has 8 nitrogen and oxygen atoms in total. The maximum absolute atomic E-state index is 13.6. The normalized spacial score (nSPS) is 14.8. The molecule has 0 bridgehead atoms. The van der Waals surface area contributed by atoms with E-state index in [0.717, 1.165) is 5.82 Å². The van der Waals surface area contributed by atoms with Gasteiger partial charge in [0.05, 0.1) is 17.0 Å². The summed E-state index contributed by atoms with van der Waals surface area (Å²) < 4.78 is 15.3. The summed E-state index contributed by atoms with van der Waals surface area (Å²) in [5, 5.41) is 14.7. The highest BCUT2D eigenvalue weighted by molar-refractivity contribution is 5.96. The minimum atomic E-state index is -0.454. The summed E-state index contributed by atoms with van der Waals surface area (Å²) in [6.45, 7) is 1.15. The third-order valence-corrected chi connectivity index (χ3v) is 4.85. The number of nitrogens with one attached hydrogen (secondary N) is 2. The number of aryl methyl sites for hydroxylation is 1. The Kier molecular flexibility index (Phi) is 5.05. The molecule has 0 fully saturated rings. The number of nitrogens with two attached hydrogens (primary N) is 1. The van der Waals surface area contributed by atoms with Gasteiger partial charge in [-0.2, -0.15) is 10.2 Å². The number of H-pyrrole nitrogens is 1. The van der Waals surface area contributed by atoms with Crippen molar-refractivity contribution in [3.05, 3.63) is 82.0 Å². The smallest absolute Gasteiger partial charge is 0.272 e. The van der Waals surface area contributed by atoms with E-state index in [4.69, 9.17) is 5.73 Å². The lowest BCUT2D eigenvalue weighted by molar-refractivity contribution is 0.625. The van der Waals surface area contributed by atoms with Crippen molar-refractivity contribution in [1.82, 2.24) is 25.0 Å². The molecule has 5 rings (SSSR count). The molecule has 1 aliphatic rings. The van der Waals surface area contributed by atoms with Crippen LogP contribution in [0.25, 0.3) is 10.8 Å². The summed E-state index contributed by atoms with van der Waals surface area (Å²) in [7, 11) is 1.80. The molecule has 0 saturated heterocycles. The van der Waals surface area contributed by atoms with Gasteiger partial charge in [0, 0.05) is 31.2 Å². The van der Waals surface area contributed by atoms with Gasteiger partial charge in [-0.05, 0) is 17.7 Å². The molecular weight excluding hydrogens is 373 g/mol. The quantitative estimate of drug-likeness (QED) is 0.479. The molecule has 2 aromatic heterocycles. The Labute approximate surface area is 165 Å². The van der Waals surface area contributed by atoms with E-state index in [-0.39, 0.29) is 11.3 Å². The number of aromatic amines is 1. The summed E-state index contributed by atoms with van der Waals surface area (Å²) in [6.07, 6.45) is 1.47. The van der Waals surface area contributed by atoms with Gasteiger partial charge < -0.3 is 11.1 Å². The van der Waals surface area contributed by atoms with Crippen molar-refractivity contribution in [3.8, 4) is 0 Å². The first-order valence-corrected chi connectivity index (χ1v) is 9.12. The minimum Gasteiger partial charge on any atom is -0.383 e. The van der Waals surface area contributed by atoms with Gasteiger partial charge in [0.15, 0.2) is 0 Å². The number of nitrogens with zero attached hydrogens (tertiary/aromatic N) is 4. The first-order chi connectivity index (χ1) is 14.1. The number of aromatic nitrogens is 5. The van der Waals surface area contributed by atoms with Crippen molar-refractivity contribution in [2.45, 2.75) is 12.5 Å². The Bertz CT molecular complexity index is 1200. The van der Waals surface area contributed by atoms with E-state index in [9.17, 15) is 9.18 Å². The zero-order valence-corrected chi connectivity index (χ0v) is 15.8. The Morgan fingerprint density at radius 1 is 1.28 bits per heavy atom. The number of hydrogen-bond donors (Lipinski definition) is 3. The predicted octanol–water partition coefficient (Wildman–Crippen LogP) is 1.89. The third kappa shape index (κ3) is 3.59. The van der Waals surface area contributed by atoms with E-state index in [1.54, 1.807) is 11.7 Å². The Morgan fingerprint density at radius 3 is 2.72 bits per heavy atom. The summed E-state index contributed by atoms with van der Waals surface area (Å²) in [5.74, 6) is 0.123. The Hall–Kier alpha value is -3.59. The molecule has 9 heteroatoms. The molecule has 0 spiro atoms. The monoisotopic (exact) mass is 393 g/mol. The fraction of sp³-hybridized carbons (Fsp3) is 0.200. The SMILES string of the molecule is Cn1ncnc1C1CNc2cc(F)cc3c(=O)[nH]nc1c23.NCc1ccccc1. The topological polar surface area (TPSA) is 115 Å². The van der Waals surface area contributed by atoms with E-state index < -0.39 is 11.4 Å². The second kappa shape index (κ2) is 7.80. The van der Waals surface area contributed by atoms with E-state index in [0.29, 0.717) is 29.9 Å². The molecule has 0 saturated carbocycles. The molecule has 1 unspecified atom stereocenters. The number of benzene rings is 2. The first kappa shape index (κ1) is 18.8. The molecule has 0 radical (unpaired) electrons. The van der Waals surface area contributed by atoms with Crippen LogP contribution in [0.2, 0.25) is 0 Å². The van der Waals surface area contributed by atoms with Crippen LogP contribution in [0.4, 0.5) is 10.1 Å². The lowest BCUT2D eigenvalue weighted by Crippen LogP contribution is -2.26. The van der Waals surface area contributed by atoms with Gasteiger partial charge in [-0.3, -0.25) is 9.48 Å². The van der Waals surface area contributed by atoms with Crippen LogP contribution in [0.1, 0.15) is 23.0 Å². The molecule has 4 aromatic rings. The van der Waals surface area contributed by atoms with Crippen molar-refractivity contribution in [2.75, 3.05) is 11.9 Å². The van der Waals surface area contributed by atoms with E-state index in [2.05, 4.69) is 25.6 Å². The van der Waals surface area contributed by atoms with Crippen molar-refractivity contribution < 1.29 is 4.39 Å². The van der Waals surface area contributed by atoms with Crippen LogP contribution in [0, 0.1) is 5.82 Å². The number of halogens is 1. The number of anilines is 1. The van der Waals surface area contributed by atoms with Gasteiger partial charge in [0.25, 0.3) is 5.56 Å². The van der Waals surface area contributed by atoms with Crippen LogP contribution in [0.15, 0.2) is 53.6 Å². The van der Waals surface area contributed by atoms with Gasteiger partial charge in [-0.25, -0.2) is 14.5 Å². The minimum absolute atomic E-state index is 0.158. The fourth-order valence-electron chi connectivity index (χ4n) is 3.44. The molecule has 3 heterocycles. The molecule has 1 aliphatic heterocycles. The van der Waals surface area contributed by atoms with Crippen LogP contribution in [-0.4, -0.2) is 31.5 Å². The van der Waals surface area contributed by atoms with Gasteiger partial charge >= 0.3 is 0 Å². The maximum atomic E-state index is 13.6. The molecule has 1 atom stereocenters. The zero-order chi connectivity index (χ0) is 20.4. The van der Waals surface area contributed by atoms with Crippen molar-refractivity contribution in [1.29, 1.82) is 0 Å². The van der Waals surface area contributed by atoms with Crippen molar-refractivity contribution >= 4 is 16.5 Å². The second-order valence-corrected chi connectivity index (χ2v) is 6.68. The fourth-order valence-corrected chi connectivity index (χ4v) is 3.44. The predicted molar refractivity (Wildman–Crippen MR) is 108 cm³/mol. The summed E-state index contributed by atoms with van der Waals surface area (Å²) in [5.41, 5.74) is 7.39. The van der Waals surface area contributed by atoms with Gasteiger partial charge in [0.1, 0.15) is 18.0 Å². The number of hydrogen-bond acceptors (Lipinski definition) is 6. The lowest BCUT2D eigenvalue weighted by atomic mass is 9.94. The second-order valence-electron chi connectivity index (χ2n) is 6.68. The maximum Gasteiger partial charge on any atom is 0.272 e. The van der Waals surface area contributed by atoms with Gasteiger partial charge in [0.2, 0.25) is 0 Å². The summed E-state index contributed by atoms with van der Waals surface area (Å²) in [6, 6.07) is 12.6. The van der Waals surface area contributed by atoms with Crippen LogP contribution in [0.3, 0.4) is 0 Å². The summed E-state index contributed by atoms with van der Waals surface area (Å²) in [4.78, 5) is 16.1. The zero-order valence-electron chi connectivity index (χ0n) is 15.8. The van der Waals surface area contributed by atoms with E-state index in [1.807, 2.05) is 30.3 Å². The van der Waals surface area contributed by atoms with Crippen LogP contribution in [-0.2, 0) is 13.6 Å². The van der Waals surface area contributed by atoms with Crippen LogP contribution in [0.5, 0.6) is 0 Å². The van der Waals surface area contributed by atoms with Crippen LogP contribution < -0.4 is 16.6 Å². The highest BCUT2D eigenvalue weighted by atomic mass is 19.1. The molecule has 4 N–H and O–H groups in total. The first-order valence-electron chi connectivity index (χ1n) is 9.12. The van der Waals surface area contributed by atoms with Crippen molar-refractivity contribution in [3.63, 3.8) is 0 Å². The van der Waals surface area contributed by atoms with Gasteiger partial charge in [-0.1, -0.05) is 30.3 Å². The Balaban J connectivity index is 0.000000216. The summed E-state index contributed by atoms with van der Waals surface area (Å²) >= 11 is 0. The average molecular weight is 393 g/mol. The van der Waals surface area contributed by atoms with Gasteiger partial charge in [-0.15, -0.1) is 0 Å². The van der Waals surface area contributed by atoms with Crippen LogP contribution >= 0.6 is 0 Å². The van der Waals surface area contributed by atoms with E-state index >= 15 is 0 Å². The van der Waals surface area contributed by atoms with Crippen molar-refractivity contribution in [2.24, 2.45) is 12.8 Å². The molecule has 148 valence electrons. The standard InChI is InChI=1S/C13H11FN6O.C7H9N/c1-20-12(16-5-17-20)8-4-15-9-3-6(14)2-7-10(9)11(8)18-19-13(7)21;8-6-7-4-2-1-3-5-7/h2-3,5,8,15H,4H2,1H3,(H,19,21);1-5H,6,8H2. The third-order valence-electron chi connectivity index (χ3n) is 4.85. The molecule has 29 heavy (non-hydrogen) atoms. The highest BCUT2D eigenvalue weighted by Gasteiger charge is 2.29. The molecule has 0 amide bonds. The largest absolute Gasteiger partial charge is 0.383 e. The number of rotatable bonds is 2.